The quantitative estimate of drug-likeness (QED) is 0.556. The summed E-state index contributed by atoms with van der Waals surface area (Å²) in [6, 6.07) is 17.2. The first-order valence-corrected chi connectivity index (χ1v) is 10.4. The lowest BCUT2D eigenvalue weighted by atomic mass is 10.2. The Balaban J connectivity index is 1.90. The predicted octanol–water partition coefficient (Wildman–Crippen LogP) is 3.51. The number of rotatable bonds is 8. The van der Waals surface area contributed by atoms with Crippen molar-refractivity contribution in [2.24, 2.45) is 0 Å². The molecular formula is C21H23N5O2S. The van der Waals surface area contributed by atoms with E-state index in [0.29, 0.717) is 23.2 Å². The molecule has 0 aliphatic carbocycles. The van der Waals surface area contributed by atoms with Gasteiger partial charge >= 0.3 is 0 Å². The van der Waals surface area contributed by atoms with Crippen LogP contribution < -0.4 is 10.6 Å². The first-order chi connectivity index (χ1) is 14.1. The third kappa shape index (κ3) is 5.45. The van der Waals surface area contributed by atoms with E-state index < -0.39 is 0 Å². The Morgan fingerprint density at radius 1 is 1.03 bits per heavy atom. The molecule has 150 valence electrons. The molecule has 0 saturated carbocycles. The minimum Gasteiger partial charge on any atom is -0.355 e. The summed E-state index contributed by atoms with van der Waals surface area (Å²) in [5.41, 5.74) is 2.49. The van der Waals surface area contributed by atoms with Gasteiger partial charge in [0.15, 0.2) is 11.0 Å². The van der Waals surface area contributed by atoms with Gasteiger partial charge in [0.2, 0.25) is 11.8 Å². The van der Waals surface area contributed by atoms with Crippen molar-refractivity contribution in [3.05, 3.63) is 54.6 Å². The highest BCUT2D eigenvalue weighted by Crippen LogP contribution is 2.28. The molecule has 0 atom stereocenters. The highest BCUT2D eigenvalue weighted by Gasteiger charge is 2.17. The molecule has 1 heterocycles. The van der Waals surface area contributed by atoms with Gasteiger partial charge in [-0.1, -0.05) is 36.9 Å². The average Bonchev–Trinajstić information content (AvgIpc) is 3.15. The zero-order valence-corrected chi connectivity index (χ0v) is 17.2. The maximum absolute atomic E-state index is 12.0. The second-order valence-electron chi connectivity index (χ2n) is 6.37. The van der Waals surface area contributed by atoms with Crippen molar-refractivity contribution in [3.63, 3.8) is 0 Å². The van der Waals surface area contributed by atoms with Crippen molar-refractivity contribution >= 4 is 29.3 Å². The number of hydrogen-bond acceptors (Lipinski definition) is 5. The molecule has 7 nitrogen and oxygen atoms in total. The van der Waals surface area contributed by atoms with Crippen molar-refractivity contribution in [2.45, 2.75) is 25.4 Å². The second kappa shape index (κ2) is 9.88. The van der Waals surface area contributed by atoms with Crippen molar-refractivity contribution in [1.82, 2.24) is 20.1 Å². The number of para-hydroxylation sites is 1. The van der Waals surface area contributed by atoms with Crippen LogP contribution in [0.4, 0.5) is 5.69 Å². The molecule has 3 rings (SSSR count). The van der Waals surface area contributed by atoms with Crippen molar-refractivity contribution in [1.29, 1.82) is 0 Å². The van der Waals surface area contributed by atoms with E-state index in [1.807, 2.05) is 66.1 Å². The van der Waals surface area contributed by atoms with Crippen LogP contribution in [-0.2, 0) is 9.59 Å². The van der Waals surface area contributed by atoms with E-state index in [1.165, 1.54) is 18.7 Å². The topological polar surface area (TPSA) is 88.9 Å². The first-order valence-electron chi connectivity index (χ1n) is 9.37. The lowest BCUT2D eigenvalue weighted by molar-refractivity contribution is -0.118. The Hall–Kier alpha value is -3.13. The Labute approximate surface area is 173 Å². The Kier molecular flexibility index (Phi) is 7.02. The van der Waals surface area contributed by atoms with Gasteiger partial charge < -0.3 is 10.6 Å². The van der Waals surface area contributed by atoms with Crippen molar-refractivity contribution in [3.8, 4) is 17.1 Å². The average molecular weight is 410 g/mol. The van der Waals surface area contributed by atoms with Crippen LogP contribution in [0.3, 0.4) is 0 Å². The summed E-state index contributed by atoms with van der Waals surface area (Å²) in [7, 11) is 0. The predicted molar refractivity (Wildman–Crippen MR) is 115 cm³/mol. The number of amides is 2. The normalized spacial score (nSPS) is 10.6. The molecule has 2 aromatic carbocycles. The summed E-state index contributed by atoms with van der Waals surface area (Å²) in [5, 5.41) is 15.0. The SMILES string of the molecule is CCCNC(=O)CSc1nnc(-c2ccc(NC(C)=O)cc2)n1-c1ccccc1. The molecule has 0 spiro atoms. The van der Waals surface area contributed by atoms with E-state index in [1.54, 1.807) is 0 Å². The lowest BCUT2D eigenvalue weighted by Crippen LogP contribution is -2.25. The zero-order valence-electron chi connectivity index (χ0n) is 16.4. The molecule has 0 fully saturated rings. The number of carbonyl (C=O) groups excluding carboxylic acids is 2. The van der Waals surface area contributed by atoms with Crippen LogP contribution in [0, 0.1) is 0 Å². The Bertz CT molecular complexity index is 970. The van der Waals surface area contributed by atoms with Gasteiger partial charge in [-0.15, -0.1) is 10.2 Å². The van der Waals surface area contributed by atoms with Crippen molar-refractivity contribution in [2.75, 3.05) is 17.6 Å². The molecule has 0 radical (unpaired) electrons. The number of benzene rings is 2. The maximum Gasteiger partial charge on any atom is 0.230 e. The fourth-order valence-corrected chi connectivity index (χ4v) is 3.49. The first kappa shape index (κ1) is 20.6. The summed E-state index contributed by atoms with van der Waals surface area (Å²) >= 11 is 1.35. The number of nitrogens with one attached hydrogen (secondary N) is 2. The number of thioether (sulfide) groups is 1. The van der Waals surface area contributed by atoms with E-state index in [2.05, 4.69) is 20.8 Å². The van der Waals surface area contributed by atoms with Gasteiger partial charge in [0.1, 0.15) is 0 Å². The standard InChI is InChI=1S/C21H23N5O2S/c1-3-13-22-19(28)14-29-21-25-24-20(26(21)18-7-5-4-6-8-18)16-9-11-17(12-10-16)23-15(2)27/h4-12H,3,13-14H2,1-2H3,(H,22,28)(H,23,27). The summed E-state index contributed by atoms with van der Waals surface area (Å²) in [5.74, 6) is 0.792. The molecule has 0 bridgehead atoms. The minimum absolute atomic E-state index is 0.0272. The molecule has 29 heavy (non-hydrogen) atoms. The number of anilines is 1. The monoisotopic (exact) mass is 409 g/mol. The van der Waals surface area contributed by atoms with Gasteiger partial charge in [-0.2, -0.15) is 0 Å². The molecule has 1 aromatic heterocycles. The third-order valence-electron chi connectivity index (χ3n) is 4.02. The third-order valence-corrected chi connectivity index (χ3v) is 4.94. The van der Waals surface area contributed by atoms with E-state index in [-0.39, 0.29) is 17.6 Å². The minimum atomic E-state index is -0.120. The van der Waals surface area contributed by atoms with Gasteiger partial charge in [0.05, 0.1) is 5.75 Å². The Morgan fingerprint density at radius 2 is 1.76 bits per heavy atom. The molecule has 8 heteroatoms. The number of nitrogens with zero attached hydrogens (tertiary/aromatic N) is 3. The summed E-state index contributed by atoms with van der Waals surface area (Å²) in [6.45, 7) is 4.15. The van der Waals surface area contributed by atoms with Crippen molar-refractivity contribution < 1.29 is 9.59 Å². The van der Waals surface area contributed by atoms with Crippen LogP contribution in [-0.4, -0.2) is 38.9 Å². The summed E-state index contributed by atoms with van der Waals surface area (Å²) in [4.78, 5) is 23.2. The number of carbonyl (C=O) groups is 2. The fraction of sp³-hybridized carbons (Fsp3) is 0.238. The summed E-state index contributed by atoms with van der Waals surface area (Å²) in [6.07, 6.45) is 0.898. The molecule has 0 saturated heterocycles. The van der Waals surface area contributed by atoms with E-state index in [4.69, 9.17) is 0 Å². The zero-order chi connectivity index (χ0) is 20.6. The fourth-order valence-electron chi connectivity index (χ4n) is 2.71. The summed E-state index contributed by atoms with van der Waals surface area (Å²) < 4.78 is 1.94. The second-order valence-corrected chi connectivity index (χ2v) is 7.32. The van der Waals surface area contributed by atoms with Gasteiger partial charge in [0.25, 0.3) is 0 Å². The van der Waals surface area contributed by atoms with E-state index >= 15 is 0 Å². The van der Waals surface area contributed by atoms with Gasteiger partial charge in [-0.3, -0.25) is 14.2 Å². The van der Waals surface area contributed by atoms with Crippen LogP contribution >= 0.6 is 11.8 Å². The smallest absolute Gasteiger partial charge is 0.230 e. The van der Waals surface area contributed by atoms with Gasteiger partial charge in [0, 0.05) is 30.4 Å². The van der Waals surface area contributed by atoms with E-state index in [9.17, 15) is 9.59 Å². The molecule has 0 aliphatic rings. The Morgan fingerprint density at radius 3 is 2.41 bits per heavy atom. The molecule has 3 aromatic rings. The molecule has 0 unspecified atom stereocenters. The lowest BCUT2D eigenvalue weighted by Gasteiger charge is -2.11. The van der Waals surface area contributed by atoms with E-state index in [0.717, 1.165) is 17.7 Å². The highest BCUT2D eigenvalue weighted by molar-refractivity contribution is 7.99. The van der Waals surface area contributed by atoms with Crippen LogP contribution in [0.1, 0.15) is 20.3 Å². The number of aromatic nitrogens is 3. The van der Waals surface area contributed by atoms with Crippen LogP contribution in [0.25, 0.3) is 17.1 Å². The van der Waals surface area contributed by atoms with Gasteiger partial charge in [-0.25, -0.2) is 0 Å². The van der Waals surface area contributed by atoms with Crippen LogP contribution in [0.2, 0.25) is 0 Å². The molecule has 0 aliphatic heterocycles. The molecule has 2 N–H and O–H groups in total. The van der Waals surface area contributed by atoms with Gasteiger partial charge in [-0.05, 0) is 42.8 Å². The molecular weight excluding hydrogens is 386 g/mol. The van der Waals surface area contributed by atoms with Crippen LogP contribution in [0.5, 0.6) is 0 Å². The largest absolute Gasteiger partial charge is 0.355 e. The number of hydrogen-bond donors (Lipinski definition) is 2. The maximum atomic E-state index is 12.0. The molecule has 2 amide bonds. The van der Waals surface area contributed by atoms with Crippen LogP contribution in [0.15, 0.2) is 59.8 Å². The highest BCUT2D eigenvalue weighted by atomic mass is 32.2.